The Morgan fingerprint density at radius 2 is 1.64 bits per heavy atom. The van der Waals surface area contributed by atoms with Crippen LogP contribution in [0.25, 0.3) is 6.08 Å². The van der Waals surface area contributed by atoms with Gasteiger partial charge >= 0.3 is 0 Å². The summed E-state index contributed by atoms with van der Waals surface area (Å²) in [7, 11) is -3.73. The molecule has 0 radical (unpaired) electrons. The number of carbonyl (C=O) groups excluding carboxylic acids is 1. The highest BCUT2D eigenvalue weighted by Crippen LogP contribution is 2.14. The van der Waals surface area contributed by atoms with Gasteiger partial charge in [-0.05, 0) is 48.0 Å². The van der Waals surface area contributed by atoms with Crippen molar-refractivity contribution in [3.05, 3.63) is 64.6 Å². The Labute approximate surface area is 137 Å². The standard InChI is InChI=1S/C15H13BrN2O3S/c16-12-4-1-11(2-5-12)3-10-15(19)18-13-6-8-14(9-7-13)22(17,20)21/h1-10H,(H,18,19)(H2,17,20,21)/b10-3+. The van der Waals surface area contributed by atoms with E-state index < -0.39 is 10.0 Å². The van der Waals surface area contributed by atoms with E-state index in [0.717, 1.165) is 10.0 Å². The van der Waals surface area contributed by atoms with Crippen molar-refractivity contribution in [1.29, 1.82) is 0 Å². The number of anilines is 1. The van der Waals surface area contributed by atoms with Crippen molar-refractivity contribution in [2.75, 3.05) is 5.32 Å². The number of nitrogens with one attached hydrogen (secondary N) is 1. The number of halogens is 1. The third-order valence-electron chi connectivity index (χ3n) is 2.75. The average Bonchev–Trinajstić information content (AvgIpc) is 2.46. The Morgan fingerprint density at radius 3 is 2.18 bits per heavy atom. The van der Waals surface area contributed by atoms with Gasteiger partial charge in [-0.1, -0.05) is 28.1 Å². The van der Waals surface area contributed by atoms with Crippen LogP contribution in [0.15, 0.2) is 64.0 Å². The Kier molecular flexibility index (Phi) is 5.12. The van der Waals surface area contributed by atoms with E-state index in [9.17, 15) is 13.2 Å². The molecule has 114 valence electrons. The van der Waals surface area contributed by atoms with Gasteiger partial charge in [0.2, 0.25) is 15.9 Å². The SMILES string of the molecule is NS(=O)(=O)c1ccc(NC(=O)/C=C/c2ccc(Br)cc2)cc1. The molecule has 5 nitrogen and oxygen atoms in total. The van der Waals surface area contributed by atoms with Crippen LogP contribution < -0.4 is 10.5 Å². The first-order valence-corrected chi connectivity index (χ1v) is 8.56. The lowest BCUT2D eigenvalue weighted by molar-refractivity contribution is -0.111. The fraction of sp³-hybridized carbons (Fsp3) is 0. The largest absolute Gasteiger partial charge is 0.323 e. The van der Waals surface area contributed by atoms with Gasteiger partial charge in [0.05, 0.1) is 4.90 Å². The zero-order valence-corrected chi connectivity index (χ0v) is 13.8. The van der Waals surface area contributed by atoms with E-state index in [0.29, 0.717) is 5.69 Å². The molecule has 22 heavy (non-hydrogen) atoms. The van der Waals surface area contributed by atoms with Gasteiger partial charge in [-0.25, -0.2) is 13.6 Å². The van der Waals surface area contributed by atoms with Gasteiger partial charge in [0.1, 0.15) is 0 Å². The highest BCUT2D eigenvalue weighted by molar-refractivity contribution is 9.10. The molecule has 1 amide bonds. The lowest BCUT2D eigenvalue weighted by Crippen LogP contribution is -2.12. The molecule has 0 bridgehead atoms. The quantitative estimate of drug-likeness (QED) is 0.799. The van der Waals surface area contributed by atoms with Crippen LogP contribution in [0.1, 0.15) is 5.56 Å². The predicted molar refractivity (Wildman–Crippen MR) is 89.6 cm³/mol. The summed E-state index contributed by atoms with van der Waals surface area (Å²) in [4.78, 5) is 11.8. The first kappa shape index (κ1) is 16.4. The average molecular weight is 381 g/mol. The number of hydrogen-bond acceptors (Lipinski definition) is 3. The third kappa shape index (κ3) is 4.80. The number of hydrogen-bond donors (Lipinski definition) is 2. The second kappa shape index (κ2) is 6.87. The Morgan fingerprint density at radius 1 is 1.05 bits per heavy atom. The fourth-order valence-corrected chi connectivity index (χ4v) is 2.44. The molecule has 0 unspecified atom stereocenters. The van der Waals surface area contributed by atoms with Gasteiger partial charge in [-0.2, -0.15) is 0 Å². The van der Waals surface area contributed by atoms with Crippen LogP contribution in [0.5, 0.6) is 0 Å². The molecule has 2 aromatic carbocycles. The number of rotatable bonds is 4. The number of benzene rings is 2. The molecule has 0 atom stereocenters. The van der Waals surface area contributed by atoms with Crippen LogP contribution in [0.2, 0.25) is 0 Å². The molecular weight excluding hydrogens is 368 g/mol. The van der Waals surface area contributed by atoms with E-state index in [1.54, 1.807) is 6.08 Å². The molecule has 2 aromatic rings. The molecule has 2 rings (SSSR count). The minimum atomic E-state index is -3.73. The smallest absolute Gasteiger partial charge is 0.248 e. The molecule has 3 N–H and O–H groups in total. The number of primary sulfonamides is 1. The third-order valence-corrected chi connectivity index (χ3v) is 4.21. The molecule has 0 heterocycles. The summed E-state index contributed by atoms with van der Waals surface area (Å²) in [5, 5.41) is 7.63. The highest BCUT2D eigenvalue weighted by atomic mass is 79.9. The zero-order valence-electron chi connectivity index (χ0n) is 11.4. The fourth-order valence-electron chi connectivity index (χ4n) is 1.66. The summed E-state index contributed by atoms with van der Waals surface area (Å²) >= 11 is 3.33. The van der Waals surface area contributed by atoms with Crippen molar-refractivity contribution in [3.63, 3.8) is 0 Å². The van der Waals surface area contributed by atoms with Crippen LogP contribution in [0.3, 0.4) is 0 Å². The number of carbonyl (C=O) groups is 1. The van der Waals surface area contributed by atoms with Crippen molar-refractivity contribution >= 4 is 43.6 Å². The second-order valence-electron chi connectivity index (χ2n) is 4.44. The van der Waals surface area contributed by atoms with Crippen LogP contribution in [-0.4, -0.2) is 14.3 Å². The topological polar surface area (TPSA) is 89.3 Å². The summed E-state index contributed by atoms with van der Waals surface area (Å²) in [6, 6.07) is 13.1. The van der Waals surface area contributed by atoms with Gasteiger partial charge in [0, 0.05) is 16.2 Å². The van der Waals surface area contributed by atoms with Crippen molar-refractivity contribution in [3.8, 4) is 0 Å². The van der Waals surface area contributed by atoms with E-state index in [1.165, 1.54) is 30.3 Å². The second-order valence-corrected chi connectivity index (χ2v) is 6.92. The van der Waals surface area contributed by atoms with Crippen molar-refractivity contribution in [1.82, 2.24) is 0 Å². The molecule has 0 fully saturated rings. The van der Waals surface area contributed by atoms with E-state index >= 15 is 0 Å². The lowest BCUT2D eigenvalue weighted by atomic mass is 10.2. The molecule has 0 spiro atoms. The Balaban J connectivity index is 2.01. The van der Waals surface area contributed by atoms with Gasteiger partial charge in [0.25, 0.3) is 0 Å². The minimum absolute atomic E-state index is 0.00379. The van der Waals surface area contributed by atoms with Crippen LogP contribution in [0, 0.1) is 0 Å². The maximum Gasteiger partial charge on any atom is 0.248 e. The molecule has 0 aliphatic carbocycles. The molecule has 0 saturated heterocycles. The molecule has 0 aromatic heterocycles. The molecule has 0 saturated carbocycles. The Hall–Kier alpha value is -1.96. The normalized spacial score (nSPS) is 11.5. The van der Waals surface area contributed by atoms with Crippen molar-refractivity contribution in [2.24, 2.45) is 5.14 Å². The summed E-state index contributed by atoms with van der Waals surface area (Å²) in [5.41, 5.74) is 1.38. The summed E-state index contributed by atoms with van der Waals surface area (Å²) in [5.74, 6) is -0.314. The van der Waals surface area contributed by atoms with Gasteiger partial charge in [0.15, 0.2) is 0 Å². The van der Waals surface area contributed by atoms with Crippen LogP contribution in [0.4, 0.5) is 5.69 Å². The number of sulfonamides is 1. The summed E-state index contributed by atoms with van der Waals surface area (Å²) < 4.78 is 23.2. The molecule has 7 heteroatoms. The molecular formula is C15H13BrN2O3S. The molecule has 0 aliphatic heterocycles. The van der Waals surface area contributed by atoms with Crippen LogP contribution in [-0.2, 0) is 14.8 Å². The minimum Gasteiger partial charge on any atom is -0.323 e. The lowest BCUT2D eigenvalue weighted by Gasteiger charge is -2.03. The maximum absolute atomic E-state index is 11.8. The predicted octanol–water partition coefficient (Wildman–Crippen LogP) is 2.75. The van der Waals surface area contributed by atoms with Gasteiger partial charge in [-0.3, -0.25) is 4.79 Å². The summed E-state index contributed by atoms with van der Waals surface area (Å²) in [6.07, 6.45) is 3.08. The zero-order chi connectivity index (χ0) is 16.2. The summed E-state index contributed by atoms with van der Waals surface area (Å²) in [6.45, 7) is 0. The van der Waals surface area contributed by atoms with E-state index in [-0.39, 0.29) is 10.8 Å². The molecule has 0 aliphatic rings. The highest BCUT2D eigenvalue weighted by Gasteiger charge is 2.07. The first-order chi connectivity index (χ1) is 10.3. The number of amides is 1. The van der Waals surface area contributed by atoms with Gasteiger partial charge < -0.3 is 5.32 Å². The Bertz CT molecular complexity index is 798. The van der Waals surface area contributed by atoms with E-state index in [2.05, 4.69) is 21.2 Å². The number of nitrogens with two attached hydrogens (primary N) is 1. The van der Waals surface area contributed by atoms with Crippen LogP contribution >= 0.6 is 15.9 Å². The first-order valence-electron chi connectivity index (χ1n) is 6.22. The van der Waals surface area contributed by atoms with Crippen molar-refractivity contribution in [2.45, 2.75) is 4.90 Å². The van der Waals surface area contributed by atoms with Gasteiger partial charge in [-0.15, -0.1) is 0 Å². The maximum atomic E-state index is 11.8. The van der Waals surface area contributed by atoms with Crippen molar-refractivity contribution < 1.29 is 13.2 Å². The monoisotopic (exact) mass is 380 g/mol. The van der Waals surface area contributed by atoms with E-state index in [1.807, 2.05) is 24.3 Å². The van der Waals surface area contributed by atoms with E-state index in [4.69, 9.17) is 5.14 Å².